The van der Waals surface area contributed by atoms with Gasteiger partial charge in [0.2, 0.25) is 5.95 Å². The largest absolute Gasteiger partial charge is 0.367 e. The van der Waals surface area contributed by atoms with Crippen molar-refractivity contribution in [2.75, 3.05) is 49.5 Å². The van der Waals surface area contributed by atoms with Crippen molar-refractivity contribution in [2.45, 2.75) is 6.42 Å². The molecule has 146 valence electrons. The van der Waals surface area contributed by atoms with Gasteiger partial charge in [-0.2, -0.15) is 0 Å². The fourth-order valence-corrected chi connectivity index (χ4v) is 3.60. The third kappa shape index (κ3) is 4.14. The minimum atomic E-state index is -0.156. The number of halogens is 1. The van der Waals surface area contributed by atoms with E-state index in [4.69, 9.17) is 0 Å². The van der Waals surface area contributed by atoms with Crippen LogP contribution in [0.2, 0.25) is 0 Å². The Kier molecular flexibility index (Phi) is 5.53. The number of hydrogen-bond acceptors (Lipinski definition) is 5. The summed E-state index contributed by atoms with van der Waals surface area (Å²) in [6.07, 6.45) is 0.941. The zero-order valence-electron chi connectivity index (χ0n) is 15.7. The number of nitrogens with one attached hydrogen (secondary N) is 2. The fraction of sp³-hybridized carbons (Fsp3) is 0.333. The molecule has 1 aliphatic heterocycles. The molecule has 1 aromatic heterocycles. The summed E-state index contributed by atoms with van der Waals surface area (Å²) in [6, 6.07) is 14.3. The Balaban J connectivity index is 1.23. The van der Waals surface area contributed by atoms with E-state index >= 15 is 0 Å². The maximum absolute atomic E-state index is 13.9. The van der Waals surface area contributed by atoms with Crippen LogP contribution in [0.15, 0.2) is 53.3 Å². The zero-order valence-corrected chi connectivity index (χ0v) is 15.7. The number of piperazine rings is 1. The molecule has 0 unspecified atom stereocenters. The van der Waals surface area contributed by atoms with Crippen LogP contribution >= 0.6 is 0 Å². The fourth-order valence-electron chi connectivity index (χ4n) is 3.60. The van der Waals surface area contributed by atoms with E-state index in [1.54, 1.807) is 12.1 Å². The Labute approximate surface area is 163 Å². The van der Waals surface area contributed by atoms with Gasteiger partial charge in [-0.3, -0.25) is 14.7 Å². The van der Waals surface area contributed by atoms with Crippen molar-refractivity contribution in [1.82, 2.24) is 14.9 Å². The number of rotatable bonds is 6. The molecule has 2 aromatic carbocycles. The molecule has 6 nitrogen and oxygen atoms in total. The number of aromatic nitrogens is 2. The number of fused-ring (bicyclic) bond motifs is 1. The third-order valence-electron chi connectivity index (χ3n) is 5.12. The van der Waals surface area contributed by atoms with Crippen LogP contribution in [0.25, 0.3) is 10.9 Å². The van der Waals surface area contributed by atoms with Crippen LogP contribution in [0.5, 0.6) is 0 Å². The van der Waals surface area contributed by atoms with E-state index in [9.17, 15) is 9.18 Å². The Bertz CT molecular complexity index is 997. The average molecular weight is 381 g/mol. The molecule has 0 atom stereocenters. The first-order valence-corrected chi connectivity index (χ1v) is 9.65. The summed E-state index contributed by atoms with van der Waals surface area (Å²) in [5.74, 6) is 0.352. The molecule has 0 saturated carbocycles. The van der Waals surface area contributed by atoms with Gasteiger partial charge in [0.25, 0.3) is 5.56 Å². The quantitative estimate of drug-likeness (QED) is 0.643. The number of aromatic amines is 1. The van der Waals surface area contributed by atoms with Gasteiger partial charge < -0.3 is 10.2 Å². The minimum Gasteiger partial charge on any atom is -0.367 e. The number of anilines is 2. The standard InChI is InChI=1S/C21H24FN5O/c22-17-7-2-4-9-19(17)27-14-12-26(13-15-27)11-5-10-23-21-24-18-8-3-1-6-16(18)20(28)25-21/h1-4,6-9H,5,10-15H2,(H2,23,24,25,28). The Morgan fingerprint density at radius 2 is 1.79 bits per heavy atom. The van der Waals surface area contributed by atoms with Crippen LogP contribution in [0.1, 0.15) is 6.42 Å². The third-order valence-corrected chi connectivity index (χ3v) is 5.12. The summed E-state index contributed by atoms with van der Waals surface area (Å²) in [5.41, 5.74) is 1.26. The van der Waals surface area contributed by atoms with Crippen molar-refractivity contribution >= 4 is 22.5 Å². The number of H-pyrrole nitrogens is 1. The monoisotopic (exact) mass is 381 g/mol. The van der Waals surface area contributed by atoms with E-state index in [0.717, 1.165) is 45.7 Å². The van der Waals surface area contributed by atoms with Crippen LogP contribution < -0.4 is 15.8 Å². The second-order valence-corrected chi connectivity index (χ2v) is 6.99. The summed E-state index contributed by atoms with van der Waals surface area (Å²) < 4.78 is 13.9. The zero-order chi connectivity index (χ0) is 19.3. The normalized spacial score (nSPS) is 15.1. The molecule has 2 N–H and O–H groups in total. The molecule has 0 radical (unpaired) electrons. The van der Waals surface area contributed by atoms with Crippen LogP contribution in [0.3, 0.4) is 0 Å². The topological polar surface area (TPSA) is 64.3 Å². The molecule has 3 aromatic rings. The predicted octanol–water partition coefficient (Wildman–Crippen LogP) is 2.69. The summed E-state index contributed by atoms with van der Waals surface area (Å²) in [4.78, 5) is 23.8. The number of benzene rings is 2. The van der Waals surface area contributed by atoms with Gasteiger partial charge >= 0.3 is 0 Å². The summed E-state index contributed by atoms with van der Waals surface area (Å²) in [7, 11) is 0. The maximum Gasteiger partial charge on any atom is 0.260 e. The number of hydrogen-bond donors (Lipinski definition) is 2. The second-order valence-electron chi connectivity index (χ2n) is 6.99. The van der Waals surface area contributed by atoms with E-state index in [1.165, 1.54) is 6.07 Å². The van der Waals surface area contributed by atoms with Crippen molar-refractivity contribution in [3.05, 3.63) is 64.7 Å². The van der Waals surface area contributed by atoms with E-state index in [2.05, 4.69) is 25.1 Å². The molecule has 28 heavy (non-hydrogen) atoms. The molecule has 1 aliphatic rings. The minimum absolute atomic E-state index is 0.127. The van der Waals surface area contributed by atoms with Crippen molar-refractivity contribution in [1.29, 1.82) is 0 Å². The van der Waals surface area contributed by atoms with Gasteiger partial charge in [-0.15, -0.1) is 0 Å². The van der Waals surface area contributed by atoms with Gasteiger partial charge in [0.1, 0.15) is 5.82 Å². The van der Waals surface area contributed by atoms with Crippen molar-refractivity contribution in [2.24, 2.45) is 0 Å². The van der Waals surface area contributed by atoms with E-state index < -0.39 is 0 Å². The highest BCUT2D eigenvalue weighted by molar-refractivity contribution is 5.78. The summed E-state index contributed by atoms with van der Waals surface area (Å²) in [6.45, 7) is 5.17. The molecular formula is C21H24FN5O. The molecule has 1 fully saturated rings. The predicted molar refractivity (Wildman–Crippen MR) is 111 cm³/mol. The summed E-state index contributed by atoms with van der Waals surface area (Å²) >= 11 is 0. The molecule has 0 bridgehead atoms. The SMILES string of the molecule is O=c1[nH]c(NCCCN2CCN(c3ccccc3F)CC2)nc2ccccc12. The first kappa shape index (κ1) is 18.4. The van der Waals surface area contributed by atoms with Crippen molar-refractivity contribution < 1.29 is 4.39 Å². The van der Waals surface area contributed by atoms with Gasteiger partial charge in [0.05, 0.1) is 16.6 Å². The first-order chi connectivity index (χ1) is 13.7. The molecule has 0 amide bonds. The van der Waals surface area contributed by atoms with Gasteiger partial charge in [0.15, 0.2) is 0 Å². The summed E-state index contributed by atoms with van der Waals surface area (Å²) in [5, 5.41) is 3.80. The lowest BCUT2D eigenvalue weighted by atomic mass is 10.2. The smallest absolute Gasteiger partial charge is 0.260 e. The molecule has 2 heterocycles. The van der Waals surface area contributed by atoms with E-state index in [1.807, 2.05) is 30.3 Å². The van der Waals surface area contributed by atoms with Gasteiger partial charge in [-0.1, -0.05) is 24.3 Å². The van der Waals surface area contributed by atoms with Crippen LogP contribution in [0, 0.1) is 5.82 Å². The van der Waals surface area contributed by atoms with Gasteiger partial charge in [-0.05, 0) is 37.2 Å². The first-order valence-electron chi connectivity index (χ1n) is 9.65. The molecule has 7 heteroatoms. The molecular weight excluding hydrogens is 357 g/mol. The lowest BCUT2D eigenvalue weighted by Gasteiger charge is -2.36. The van der Waals surface area contributed by atoms with E-state index in [0.29, 0.717) is 22.5 Å². The molecule has 1 saturated heterocycles. The highest BCUT2D eigenvalue weighted by Crippen LogP contribution is 2.20. The van der Waals surface area contributed by atoms with Crippen molar-refractivity contribution in [3.63, 3.8) is 0 Å². The Morgan fingerprint density at radius 3 is 2.61 bits per heavy atom. The number of para-hydroxylation sites is 2. The van der Waals surface area contributed by atoms with Gasteiger partial charge in [0, 0.05) is 32.7 Å². The van der Waals surface area contributed by atoms with E-state index in [-0.39, 0.29) is 11.4 Å². The van der Waals surface area contributed by atoms with Crippen molar-refractivity contribution in [3.8, 4) is 0 Å². The van der Waals surface area contributed by atoms with Crippen LogP contribution in [0.4, 0.5) is 16.0 Å². The highest BCUT2D eigenvalue weighted by atomic mass is 19.1. The highest BCUT2D eigenvalue weighted by Gasteiger charge is 2.18. The lowest BCUT2D eigenvalue weighted by Crippen LogP contribution is -2.47. The molecule has 0 spiro atoms. The maximum atomic E-state index is 13.9. The second kappa shape index (κ2) is 8.39. The Morgan fingerprint density at radius 1 is 1.04 bits per heavy atom. The lowest BCUT2D eigenvalue weighted by molar-refractivity contribution is 0.256. The number of nitrogens with zero attached hydrogens (tertiary/aromatic N) is 3. The van der Waals surface area contributed by atoms with Crippen LogP contribution in [-0.4, -0.2) is 54.1 Å². The van der Waals surface area contributed by atoms with Crippen LogP contribution in [-0.2, 0) is 0 Å². The van der Waals surface area contributed by atoms with Gasteiger partial charge in [-0.25, -0.2) is 9.37 Å². The molecule has 0 aliphatic carbocycles. The average Bonchev–Trinajstić information content (AvgIpc) is 2.72. The molecule has 4 rings (SSSR count). The Hall–Kier alpha value is -2.93.